The molecule has 2 heterocycles. The first kappa shape index (κ1) is 19.5. The van der Waals surface area contributed by atoms with Crippen LogP contribution in [0.4, 0.5) is 10.8 Å². The van der Waals surface area contributed by atoms with Crippen molar-refractivity contribution < 1.29 is 9.72 Å². The summed E-state index contributed by atoms with van der Waals surface area (Å²) in [6.07, 6.45) is 3.20. The van der Waals surface area contributed by atoms with Crippen LogP contribution in [0.2, 0.25) is 0 Å². The van der Waals surface area contributed by atoms with Crippen molar-refractivity contribution in [2.75, 3.05) is 31.1 Å². The summed E-state index contributed by atoms with van der Waals surface area (Å²) in [5, 5.41) is 11.7. The van der Waals surface area contributed by atoms with Crippen LogP contribution in [-0.4, -0.2) is 46.9 Å². The Balaban J connectivity index is 1.35. The van der Waals surface area contributed by atoms with Crippen molar-refractivity contribution >= 4 is 60.3 Å². The van der Waals surface area contributed by atoms with Gasteiger partial charge >= 0.3 is 0 Å². The molecule has 29 heavy (non-hydrogen) atoms. The highest BCUT2D eigenvalue weighted by atomic mass is 79.9. The van der Waals surface area contributed by atoms with Crippen LogP contribution in [0.5, 0.6) is 0 Å². The molecule has 1 saturated heterocycles. The van der Waals surface area contributed by atoms with E-state index >= 15 is 0 Å². The molecule has 2 aromatic carbocycles. The number of hydrogen-bond acceptors (Lipinski definition) is 6. The first-order valence-corrected chi connectivity index (χ1v) is 10.6. The number of halogens is 1. The zero-order valence-electron chi connectivity index (χ0n) is 15.3. The van der Waals surface area contributed by atoms with Crippen LogP contribution in [0.25, 0.3) is 16.3 Å². The molecule has 1 amide bonds. The van der Waals surface area contributed by atoms with Crippen LogP contribution in [0.15, 0.2) is 53.0 Å². The number of amides is 1. The Kier molecular flexibility index (Phi) is 5.59. The lowest BCUT2D eigenvalue weighted by molar-refractivity contribution is -0.384. The molecule has 0 aliphatic carbocycles. The molecule has 0 radical (unpaired) electrons. The Hall–Kier alpha value is -2.78. The number of piperazine rings is 1. The summed E-state index contributed by atoms with van der Waals surface area (Å²) >= 11 is 5.15. The fourth-order valence-corrected chi connectivity index (χ4v) is 4.69. The van der Waals surface area contributed by atoms with Gasteiger partial charge in [-0.2, -0.15) is 0 Å². The summed E-state index contributed by atoms with van der Waals surface area (Å²) in [5.41, 5.74) is 1.77. The van der Waals surface area contributed by atoms with Crippen molar-refractivity contribution in [1.82, 2.24) is 9.88 Å². The third-order valence-electron chi connectivity index (χ3n) is 4.72. The zero-order chi connectivity index (χ0) is 20.4. The summed E-state index contributed by atoms with van der Waals surface area (Å²) in [6, 6.07) is 12.2. The number of nitro groups is 1. The van der Waals surface area contributed by atoms with Gasteiger partial charge in [-0.15, -0.1) is 0 Å². The summed E-state index contributed by atoms with van der Waals surface area (Å²) in [7, 11) is 0. The molecule has 0 saturated carbocycles. The lowest BCUT2D eigenvalue weighted by Crippen LogP contribution is -2.48. The normalized spacial score (nSPS) is 14.7. The number of thiazole rings is 1. The number of aromatic nitrogens is 1. The van der Waals surface area contributed by atoms with Gasteiger partial charge in [-0.05, 0) is 42.0 Å². The van der Waals surface area contributed by atoms with Crippen LogP contribution in [-0.2, 0) is 4.79 Å². The van der Waals surface area contributed by atoms with Crippen LogP contribution >= 0.6 is 27.3 Å². The monoisotopic (exact) mass is 472 g/mol. The van der Waals surface area contributed by atoms with E-state index in [1.165, 1.54) is 18.2 Å². The Morgan fingerprint density at radius 2 is 1.86 bits per heavy atom. The molecule has 0 N–H and O–H groups in total. The zero-order valence-corrected chi connectivity index (χ0v) is 17.7. The molecular weight excluding hydrogens is 456 g/mol. The van der Waals surface area contributed by atoms with E-state index in [-0.39, 0.29) is 11.6 Å². The second-order valence-corrected chi connectivity index (χ2v) is 8.53. The van der Waals surface area contributed by atoms with E-state index in [0.717, 1.165) is 38.5 Å². The second kappa shape index (κ2) is 8.30. The fourth-order valence-electron chi connectivity index (χ4n) is 3.12. The SMILES string of the molecule is O=C(/C=C\c1ccc([N+](=O)[O-])cc1)N1CCN(c2nc3ccc(Br)cc3s2)CC1. The van der Waals surface area contributed by atoms with Gasteiger partial charge in [0.2, 0.25) is 5.91 Å². The van der Waals surface area contributed by atoms with Gasteiger partial charge in [0, 0.05) is 48.9 Å². The lowest BCUT2D eigenvalue weighted by Gasteiger charge is -2.34. The number of carbonyl (C=O) groups excluding carboxylic acids is 1. The molecule has 0 unspecified atom stereocenters. The van der Waals surface area contributed by atoms with E-state index in [1.807, 2.05) is 17.0 Å². The maximum atomic E-state index is 12.5. The average Bonchev–Trinajstić information content (AvgIpc) is 3.15. The minimum absolute atomic E-state index is 0.0341. The summed E-state index contributed by atoms with van der Waals surface area (Å²) in [4.78, 5) is 31.4. The Labute approximate surface area is 179 Å². The Morgan fingerprint density at radius 1 is 1.14 bits per heavy atom. The molecule has 0 spiro atoms. The molecule has 7 nitrogen and oxygen atoms in total. The summed E-state index contributed by atoms with van der Waals surface area (Å²) < 4.78 is 2.18. The highest BCUT2D eigenvalue weighted by Crippen LogP contribution is 2.31. The predicted octanol–water partition coefficient (Wildman–Crippen LogP) is 4.33. The van der Waals surface area contributed by atoms with Crippen molar-refractivity contribution in [3.8, 4) is 0 Å². The van der Waals surface area contributed by atoms with E-state index in [1.54, 1.807) is 29.5 Å². The number of fused-ring (bicyclic) bond motifs is 1. The van der Waals surface area contributed by atoms with Gasteiger partial charge in [0.15, 0.2) is 5.13 Å². The van der Waals surface area contributed by atoms with Gasteiger partial charge in [0.1, 0.15) is 0 Å². The predicted molar refractivity (Wildman–Crippen MR) is 118 cm³/mol. The summed E-state index contributed by atoms with van der Waals surface area (Å²) in [5.74, 6) is -0.0590. The molecular formula is C20H17BrN4O3S. The molecule has 0 bridgehead atoms. The molecule has 4 rings (SSSR count). The molecule has 0 atom stereocenters. The highest BCUT2D eigenvalue weighted by molar-refractivity contribution is 9.10. The maximum absolute atomic E-state index is 12.5. The molecule has 9 heteroatoms. The van der Waals surface area contributed by atoms with Crippen LogP contribution in [0.1, 0.15) is 5.56 Å². The number of anilines is 1. The Bertz CT molecular complexity index is 1090. The maximum Gasteiger partial charge on any atom is 0.269 e. The van der Waals surface area contributed by atoms with Crippen LogP contribution < -0.4 is 4.90 Å². The van der Waals surface area contributed by atoms with Crippen molar-refractivity contribution in [1.29, 1.82) is 0 Å². The smallest absolute Gasteiger partial charge is 0.269 e. The number of benzene rings is 2. The van der Waals surface area contributed by atoms with E-state index in [2.05, 4.69) is 26.9 Å². The summed E-state index contributed by atoms with van der Waals surface area (Å²) in [6.45, 7) is 2.72. The number of carbonyl (C=O) groups is 1. The number of nitro benzene ring substituents is 1. The molecule has 1 fully saturated rings. The third kappa shape index (κ3) is 4.46. The van der Waals surface area contributed by atoms with Gasteiger partial charge in [-0.25, -0.2) is 4.98 Å². The van der Waals surface area contributed by atoms with Crippen molar-refractivity contribution in [2.24, 2.45) is 0 Å². The number of nitrogens with zero attached hydrogens (tertiary/aromatic N) is 4. The van der Waals surface area contributed by atoms with Crippen molar-refractivity contribution in [3.63, 3.8) is 0 Å². The minimum Gasteiger partial charge on any atom is -0.345 e. The average molecular weight is 473 g/mol. The lowest BCUT2D eigenvalue weighted by atomic mass is 10.2. The highest BCUT2D eigenvalue weighted by Gasteiger charge is 2.22. The van der Waals surface area contributed by atoms with Gasteiger partial charge in [-0.1, -0.05) is 27.3 Å². The number of non-ortho nitro benzene ring substituents is 1. The van der Waals surface area contributed by atoms with Crippen LogP contribution in [0, 0.1) is 10.1 Å². The standard InChI is InChI=1S/C20H17BrN4O3S/c21-15-4-7-17-18(13-15)29-20(22-17)24-11-9-23(10-12-24)19(26)8-3-14-1-5-16(6-2-14)25(27)28/h1-8,13H,9-12H2/b8-3-. The van der Waals surface area contributed by atoms with E-state index in [9.17, 15) is 14.9 Å². The largest absolute Gasteiger partial charge is 0.345 e. The van der Waals surface area contributed by atoms with Gasteiger partial charge in [0.25, 0.3) is 5.69 Å². The molecule has 3 aromatic rings. The topological polar surface area (TPSA) is 79.6 Å². The Morgan fingerprint density at radius 3 is 2.55 bits per heavy atom. The minimum atomic E-state index is -0.442. The molecule has 148 valence electrons. The van der Waals surface area contributed by atoms with Gasteiger partial charge < -0.3 is 9.80 Å². The molecule has 1 aliphatic heterocycles. The van der Waals surface area contributed by atoms with Crippen molar-refractivity contribution in [3.05, 3.63) is 68.7 Å². The molecule has 1 aliphatic rings. The van der Waals surface area contributed by atoms with Gasteiger partial charge in [0.05, 0.1) is 15.1 Å². The van der Waals surface area contributed by atoms with Crippen molar-refractivity contribution in [2.45, 2.75) is 0 Å². The molecule has 1 aromatic heterocycles. The van der Waals surface area contributed by atoms with E-state index in [4.69, 9.17) is 4.98 Å². The first-order chi connectivity index (χ1) is 14.0. The fraction of sp³-hybridized carbons (Fsp3) is 0.200. The number of rotatable bonds is 4. The third-order valence-corrected chi connectivity index (χ3v) is 6.30. The number of hydrogen-bond donors (Lipinski definition) is 0. The first-order valence-electron chi connectivity index (χ1n) is 9.02. The second-order valence-electron chi connectivity index (χ2n) is 6.60. The van der Waals surface area contributed by atoms with Gasteiger partial charge in [-0.3, -0.25) is 14.9 Å². The van der Waals surface area contributed by atoms with Crippen LogP contribution in [0.3, 0.4) is 0 Å². The van der Waals surface area contributed by atoms with E-state index in [0.29, 0.717) is 13.1 Å². The quantitative estimate of drug-likeness (QED) is 0.320. The van der Waals surface area contributed by atoms with E-state index < -0.39 is 4.92 Å².